The molecular weight excluding hydrogens is 749 g/mol. The van der Waals surface area contributed by atoms with Crippen molar-refractivity contribution in [2.45, 2.75) is 273 Å². The molecule has 2 heteroatoms. The maximum Gasteiger partial charge on any atom is 0.223 e. The summed E-state index contributed by atoms with van der Waals surface area (Å²) in [6.07, 6.45) is 44.8. The molecule has 0 saturated heterocycles. The third-order valence-corrected chi connectivity index (χ3v) is 13.3. The van der Waals surface area contributed by atoms with Gasteiger partial charge in [-0.1, -0.05) is 220 Å². The molecule has 0 fully saturated rings. The quantitative estimate of drug-likeness (QED) is 0.0368. The highest BCUT2D eigenvalue weighted by molar-refractivity contribution is 5.86. The average molecular weight is 845 g/mol. The van der Waals surface area contributed by atoms with E-state index < -0.39 is 0 Å². The van der Waals surface area contributed by atoms with E-state index in [-0.39, 0.29) is 0 Å². The predicted molar refractivity (Wildman–Crippen MR) is 275 cm³/mol. The van der Waals surface area contributed by atoms with Crippen molar-refractivity contribution in [3.8, 4) is 11.8 Å². The first-order valence-corrected chi connectivity index (χ1v) is 27.2. The van der Waals surface area contributed by atoms with Gasteiger partial charge in [0, 0.05) is 23.1 Å². The molecule has 0 bridgehead atoms. The predicted octanol–water partition coefficient (Wildman–Crippen LogP) is 19.6. The molecule has 0 spiro atoms. The summed E-state index contributed by atoms with van der Waals surface area (Å²) in [5.41, 5.74) is 25.2. The highest BCUT2D eigenvalue weighted by Gasteiger charge is 2.35. The lowest BCUT2D eigenvalue weighted by atomic mass is 9.92. The lowest BCUT2D eigenvalue weighted by molar-refractivity contribution is -0.345. The molecule has 0 atom stereocenters. The zero-order chi connectivity index (χ0) is 44.5. The maximum absolute atomic E-state index is 12.9. The first kappa shape index (κ1) is 53.4. The van der Waals surface area contributed by atoms with E-state index in [2.05, 4.69) is 89.8 Å². The fraction of sp³-hybridized carbons (Fsp3) is 0.700. The molecule has 62 heavy (non-hydrogen) atoms. The second kappa shape index (κ2) is 34.5. The van der Waals surface area contributed by atoms with Crippen LogP contribution < -0.4 is 0 Å². The molecule has 0 aromatic heterocycles. The van der Waals surface area contributed by atoms with E-state index in [1.165, 1.54) is 207 Å². The van der Waals surface area contributed by atoms with Gasteiger partial charge in [-0.15, -0.1) is 0 Å². The Morgan fingerprint density at radius 2 is 0.677 bits per heavy atom. The number of allylic oxidation sites excluding steroid dienone is 2. The van der Waals surface area contributed by atoms with Gasteiger partial charge in [-0.3, -0.25) is 0 Å². The van der Waals surface area contributed by atoms with Crippen LogP contribution in [0.5, 0.6) is 0 Å². The van der Waals surface area contributed by atoms with Gasteiger partial charge in [0.15, 0.2) is 0 Å². The van der Waals surface area contributed by atoms with E-state index >= 15 is 0 Å². The fourth-order valence-corrected chi connectivity index (χ4v) is 9.51. The molecule has 2 nitrogen and oxygen atoms in total. The monoisotopic (exact) mass is 845 g/mol. The molecule has 2 aromatic carbocycles. The third kappa shape index (κ3) is 20.7. The minimum atomic E-state index is 0.921. The van der Waals surface area contributed by atoms with Crippen molar-refractivity contribution >= 4 is 11.4 Å². The Kier molecular flexibility index (Phi) is 29.7. The van der Waals surface area contributed by atoms with Crippen LogP contribution in [0.25, 0.3) is 16.9 Å². The summed E-state index contributed by atoms with van der Waals surface area (Å²) in [5.74, 6) is 7.52. The smallest absolute Gasteiger partial charge is 0.223 e. The van der Waals surface area contributed by atoms with Gasteiger partial charge in [0.2, 0.25) is 11.4 Å². The van der Waals surface area contributed by atoms with Gasteiger partial charge in [-0.2, -0.15) is 0 Å². The van der Waals surface area contributed by atoms with E-state index in [0.29, 0.717) is 0 Å². The van der Waals surface area contributed by atoms with Gasteiger partial charge in [0.25, 0.3) is 0 Å². The van der Waals surface area contributed by atoms with E-state index in [9.17, 15) is 5.53 Å². The Bertz CT molecular complexity index is 1580. The molecule has 346 valence electrons. The van der Waals surface area contributed by atoms with E-state index in [1.54, 1.807) is 4.70 Å². The summed E-state index contributed by atoms with van der Waals surface area (Å²) in [6.45, 7) is 13.8. The molecule has 0 unspecified atom stereocenters. The van der Waals surface area contributed by atoms with Crippen molar-refractivity contribution in [2.24, 2.45) is 0 Å². The molecule has 1 heterocycles. The Morgan fingerprint density at radius 3 is 1.06 bits per heavy atom. The van der Waals surface area contributed by atoms with Gasteiger partial charge < -0.3 is 5.53 Å². The van der Waals surface area contributed by atoms with Crippen LogP contribution in [-0.2, 0) is 25.7 Å². The van der Waals surface area contributed by atoms with Crippen LogP contribution in [0.4, 0.5) is 0 Å². The molecule has 1 aliphatic heterocycles. The molecule has 0 radical (unpaired) electrons. The van der Waals surface area contributed by atoms with Crippen molar-refractivity contribution in [3.63, 3.8) is 0 Å². The molecule has 0 amide bonds. The Morgan fingerprint density at radius 1 is 0.355 bits per heavy atom. The summed E-state index contributed by atoms with van der Waals surface area (Å²) in [7, 11) is 0. The standard InChI is InChI=1S/C60H96N2/c1-7-13-19-24-27-28-29-30-33-38-44-58-57(43-18-12-6)59(55-47-51(39-34-22-16-10-4)45-52(48-55)40-35-23-17-11-5)62(61)60(58)56-49-53(41-36-31-25-20-14-8-2)46-54(50-56)42-37-32-26-21-15-9-3/h45-50H,7-37,39-43H2,1-6H3. The Hall–Kier alpha value is -2.92. The van der Waals surface area contributed by atoms with Crippen LogP contribution in [0.2, 0.25) is 0 Å². The number of rotatable bonds is 37. The SMILES string of the molecule is CCCCCCCCCCC#CC1=C(c2cc(CCCCCCCC)cc(CCCCCCCC)c2)[N+](=[N-])C(c2cc(CCCCCC)cc(CCCCCC)c2)=C1CCCC. The average Bonchev–Trinajstić information content (AvgIpc) is 3.56. The molecule has 3 rings (SSSR count). The summed E-state index contributed by atoms with van der Waals surface area (Å²) >= 11 is 0. The second-order valence-corrected chi connectivity index (χ2v) is 19.2. The number of unbranched alkanes of at least 4 members (excludes halogenated alkanes) is 25. The van der Waals surface area contributed by atoms with Crippen molar-refractivity contribution in [1.29, 1.82) is 0 Å². The van der Waals surface area contributed by atoms with Crippen LogP contribution in [0.3, 0.4) is 0 Å². The topological polar surface area (TPSA) is 25.3 Å². The number of hydrogen-bond acceptors (Lipinski definition) is 0. The summed E-state index contributed by atoms with van der Waals surface area (Å²) in [4.78, 5) is 0. The van der Waals surface area contributed by atoms with Gasteiger partial charge in [0.1, 0.15) is 5.57 Å². The highest BCUT2D eigenvalue weighted by Crippen LogP contribution is 2.43. The second-order valence-electron chi connectivity index (χ2n) is 19.2. The van der Waals surface area contributed by atoms with Gasteiger partial charge in [-0.05, 0) is 117 Å². The van der Waals surface area contributed by atoms with E-state index in [4.69, 9.17) is 0 Å². The number of aryl methyl sites for hydroxylation is 4. The van der Waals surface area contributed by atoms with Crippen LogP contribution in [0.15, 0.2) is 47.5 Å². The minimum Gasteiger partial charge on any atom is -0.493 e. The van der Waals surface area contributed by atoms with Gasteiger partial charge in [-0.25, -0.2) is 4.70 Å². The number of hydrogen-bond donors (Lipinski definition) is 0. The maximum atomic E-state index is 12.9. The van der Waals surface area contributed by atoms with Crippen molar-refractivity contribution < 1.29 is 4.70 Å². The Balaban J connectivity index is 2.12. The lowest BCUT2D eigenvalue weighted by Crippen LogP contribution is -2.05. The van der Waals surface area contributed by atoms with Gasteiger partial charge >= 0.3 is 0 Å². The van der Waals surface area contributed by atoms with E-state index in [1.807, 2.05) is 0 Å². The normalized spacial score (nSPS) is 12.8. The molecule has 1 aliphatic rings. The van der Waals surface area contributed by atoms with Crippen molar-refractivity contribution in [2.75, 3.05) is 0 Å². The molecule has 0 saturated carbocycles. The fourth-order valence-electron chi connectivity index (χ4n) is 9.51. The van der Waals surface area contributed by atoms with Crippen molar-refractivity contribution in [3.05, 3.63) is 86.5 Å². The first-order valence-electron chi connectivity index (χ1n) is 27.2. The van der Waals surface area contributed by atoms with Crippen LogP contribution >= 0.6 is 0 Å². The van der Waals surface area contributed by atoms with Crippen molar-refractivity contribution in [1.82, 2.24) is 0 Å². The number of benzene rings is 2. The first-order chi connectivity index (χ1) is 30.5. The minimum absolute atomic E-state index is 0.921. The molecular formula is C60H96N2. The lowest BCUT2D eigenvalue weighted by Gasteiger charge is -2.15. The third-order valence-electron chi connectivity index (χ3n) is 13.3. The molecule has 0 N–H and O–H groups in total. The highest BCUT2D eigenvalue weighted by atomic mass is 15.2. The Labute approximate surface area is 385 Å². The summed E-state index contributed by atoms with van der Waals surface area (Å²) in [5, 5.41) is 0. The van der Waals surface area contributed by atoms with E-state index in [0.717, 1.165) is 80.3 Å². The van der Waals surface area contributed by atoms with Gasteiger partial charge in [0.05, 0.1) is 0 Å². The molecule has 2 aromatic rings. The van der Waals surface area contributed by atoms with Crippen LogP contribution in [0.1, 0.15) is 280 Å². The zero-order valence-electron chi connectivity index (χ0n) is 41.8. The largest absolute Gasteiger partial charge is 0.493 e. The zero-order valence-corrected chi connectivity index (χ0v) is 41.8. The molecule has 0 aliphatic carbocycles. The summed E-state index contributed by atoms with van der Waals surface area (Å²) in [6, 6.07) is 14.7. The van der Waals surface area contributed by atoms with Crippen LogP contribution in [0, 0.1) is 11.8 Å². The van der Waals surface area contributed by atoms with Crippen LogP contribution in [-0.4, -0.2) is 4.70 Å². The number of nitrogens with zero attached hydrogens (tertiary/aromatic N) is 2. The summed E-state index contributed by atoms with van der Waals surface area (Å²) < 4.78 is 1.63.